The zero-order valence-electron chi connectivity index (χ0n) is 14.5. The molecule has 2 aromatic rings. The maximum absolute atomic E-state index is 11.6. The first-order valence-electron chi connectivity index (χ1n) is 8.30. The molecule has 0 aliphatic carbocycles. The number of nitrogens with two attached hydrogens (primary N) is 2. The van der Waals surface area contributed by atoms with Crippen LogP contribution in [0, 0.1) is 0 Å². The minimum absolute atomic E-state index is 0.0147. The Morgan fingerprint density at radius 2 is 1.11 bits per heavy atom. The fourth-order valence-electron chi connectivity index (χ4n) is 2.69. The maximum atomic E-state index is 11.6. The third-order valence-electron chi connectivity index (χ3n) is 3.98. The van der Waals surface area contributed by atoms with E-state index in [0.717, 1.165) is 11.1 Å². The third kappa shape index (κ3) is 7.30. The first-order chi connectivity index (χ1) is 12.9. The molecule has 0 radical (unpaired) electrons. The van der Waals surface area contributed by atoms with Crippen molar-refractivity contribution in [3.8, 4) is 0 Å². The number of carbonyl (C=O) groups is 2. The molecule has 0 aromatic heterocycles. The average Bonchev–Trinajstić information content (AvgIpc) is 2.65. The summed E-state index contributed by atoms with van der Waals surface area (Å²) in [5.74, 6) is -0.691. The Morgan fingerprint density at radius 1 is 0.778 bits per heavy atom. The zero-order valence-corrected chi connectivity index (χ0v) is 21.2. The Morgan fingerprint density at radius 3 is 1.41 bits per heavy atom. The van der Waals surface area contributed by atoms with Gasteiger partial charge in [0.05, 0.1) is 0 Å². The van der Waals surface area contributed by atoms with Crippen LogP contribution in [0.1, 0.15) is 33.5 Å². The summed E-state index contributed by atoms with van der Waals surface area (Å²) in [6.07, 6.45) is 0.505. The molecule has 140 valence electrons. The molecule has 0 aliphatic rings. The molecule has 0 bridgehead atoms. The van der Waals surface area contributed by atoms with Gasteiger partial charge in [-0.2, -0.15) is 0 Å². The van der Waals surface area contributed by atoms with Gasteiger partial charge < -0.3 is 0 Å². The van der Waals surface area contributed by atoms with E-state index in [4.69, 9.17) is 32.4 Å². The van der Waals surface area contributed by atoms with Gasteiger partial charge in [-0.05, 0) is 0 Å². The number of amides is 2. The van der Waals surface area contributed by atoms with Gasteiger partial charge in [0.15, 0.2) is 0 Å². The average molecular weight is 538 g/mol. The molecule has 0 saturated carbocycles. The molecular formula is C18H20Ge2N2O2S3. The van der Waals surface area contributed by atoms with Crippen LogP contribution < -0.4 is 11.5 Å². The summed E-state index contributed by atoms with van der Waals surface area (Å²) in [6.45, 7) is 0. The van der Waals surface area contributed by atoms with E-state index in [1.165, 1.54) is 0 Å². The molecule has 2 aromatic carbocycles. The number of carbonyl (C=O) groups excluding carboxylic acids is 2. The van der Waals surface area contributed by atoms with Crippen LogP contribution in [0.5, 0.6) is 0 Å². The van der Waals surface area contributed by atoms with Crippen molar-refractivity contribution in [1.82, 2.24) is 0 Å². The quantitative estimate of drug-likeness (QED) is 0.453. The van der Waals surface area contributed by atoms with Gasteiger partial charge in [0.1, 0.15) is 0 Å². The Labute approximate surface area is 178 Å². The molecule has 0 fully saturated rings. The SMILES string of the molecule is NC(=O)C[CH](c1ccccc1)[Ge](=[S])[S][Ge](=[S])[CH](CC(N)=O)c1ccccc1. The van der Waals surface area contributed by atoms with E-state index in [2.05, 4.69) is 0 Å². The van der Waals surface area contributed by atoms with Crippen molar-refractivity contribution in [3.05, 3.63) is 71.8 Å². The normalized spacial score (nSPS) is 12.7. The van der Waals surface area contributed by atoms with Crippen molar-refractivity contribution >= 4 is 64.2 Å². The first-order valence-corrected chi connectivity index (χ1v) is 22.6. The first kappa shape index (κ1) is 22.5. The fraction of sp³-hybridized carbons (Fsp3) is 0.222. The molecular weight excluding hydrogens is 518 g/mol. The summed E-state index contributed by atoms with van der Waals surface area (Å²) < 4.78 is -0.0293. The predicted octanol–water partition coefficient (Wildman–Crippen LogP) is 3.49. The van der Waals surface area contributed by atoms with Crippen LogP contribution in [0.25, 0.3) is 0 Å². The Balaban J connectivity index is 2.22. The van der Waals surface area contributed by atoms with Crippen molar-refractivity contribution in [1.29, 1.82) is 0 Å². The van der Waals surface area contributed by atoms with Gasteiger partial charge in [-0.15, -0.1) is 0 Å². The molecule has 0 heterocycles. The van der Waals surface area contributed by atoms with Gasteiger partial charge in [0.2, 0.25) is 0 Å². The summed E-state index contributed by atoms with van der Waals surface area (Å²) >= 11 is -4.36. The fourth-order valence-corrected chi connectivity index (χ4v) is 48.9. The molecule has 27 heavy (non-hydrogen) atoms. The summed E-state index contributed by atoms with van der Waals surface area (Å²) in [5, 5.41) is 0. The van der Waals surface area contributed by atoms with E-state index in [1.807, 2.05) is 60.7 Å². The van der Waals surface area contributed by atoms with Gasteiger partial charge in [0.25, 0.3) is 0 Å². The van der Waals surface area contributed by atoms with Crippen LogP contribution in [0.2, 0.25) is 0 Å². The van der Waals surface area contributed by atoms with Gasteiger partial charge in [0, 0.05) is 0 Å². The zero-order chi connectivity index (χ0) is 19.8. The topological polar surface area (TPSA) is 86.2 Å². The Kier molecular flexibility index (Phi) is 9.44. The molecule has 0 spiro atoms. The van der Waals surface area contributed by atoms with Crippen LogP contribution in [0.3, 0.4) is 0 Å². The monoisotopic (exact) mass is 540 g/mol. The van der Waals surface area contributed by atoms with Crippen molar-refractivity contribution in [2.24, 2.45) is 11.5 Å². The Hall–Kier alpha value is -0.744. The number of hydrogen-bond acceptors (Lipinski definition) is 5. The Bertz CT molecular complexity index is 766. The molecule has 0 saturated heterocycles. The summed E-state index contributed by atoms with van der Waals surface area (Å²) in [5.41, 5.74) is 13.1. The van der Waals surface area contributed by atoms with Crippen LogP contribution in [-0.2, 0) is 9.59 Å². The van der Waals surface area contributed by atoms with E-state index < -0.39 is 23.1 Å². The molecule has 2 unspecified atom stereocenters. The molecule has 0 aliphatic heterocycles. The van der Waals surface area contributed by atoms with E-state index in [0.29, 0.717) is 0 Å². The van der Waals surface area contributed by atoms with Gasteiger partial charge in [-0.25, -0.2) is 0 Å². The second-order valence-electron chi connectivity index (χ2n) is 6.01. The predicted molar refractivity (Wildman–Crippen MR) is 120 cm³/mol. The number of rotatable bonds is 10. The second-order valence-corrected chi connectivity index (χ2v) is 31.6. The van der Waals surface area contributed by atoms with E-state index >= 15 is 0 Å². The summed E-state index contributed by atoms with van der Waals surface area (Å²) in [6, 6.07) is 19.6. The van der Waals surface area contributed by atoms with Crippen molar-refractivity contribution in [2.45, 2.75) is 22.3 Å². The molecule has 4 N–H and O–H groups in total. The second kappa shape index (κ2) is 11.3. The van der Waals surface area contributed by atoms with Crippen LogP contribution in [0.15, 0.2) is 60.7 Å². The van der Waals surface area contributed by atoms with Crippen molar-refractivity contribution in [2.75, 3.05) is 0 Å². The van der Waals surface area contributed by atoms with Gasteiger partial charge >= 0.3 is 179 Å². The molecule has 4 nitrogen and oxygen atoms in total. The standard InChI is InChI=1S/C18H20Ge2N2O2S3/c21-17(23)11-15(13-7-3-1-4-8-13)19(25)27-20(26)16(12-18(22)24)14-9-5-2-6-10-14/h1-10,15-16H,11-12H2,(H2,21,23)(H2,22,24). The van der Waals surface area contributed by atoms with Crippen molar-refractivity contribution in [3.63, 3.8) is 0 Å². The minimum atomic E-state index is -2.18. The van der Waals surface area contributed by atoms with E-state index in [1.54, 1.807) is 8.41 Å². The number of hydrogen-bond donors (Lipinski definition) is 2. The van der Waals surface area contributed by atoms with Crippen LogP contribution >= 0.6 is 29.3 Å². The van der Waals surface area contributed by atoms with Crippen LogP contribution in [0.4, 0.5) is 0 Å². The van der Waals surface area contributed by atoms with Crippen LogP contribution in [-0.4, -0.2) is 34.9 Å². The molecule has 2 amide bonds. The molecule has 2 rings (SSSR count). The van der Waals surface area contributed by atoms with Gasteiger partial charge in [-0.3, -0.25) is 0 Å². The molecule has 2 atom stereocenters. The van der Waals surface area contributed by atoms with Crippen molar-refractivity contribution < 1.29 is 9.59 Å². The molecule has 9 heteroatoms. The summed E-state index contributed by atoms with van der Waals surface area (Å²) in [4.78, 5) is 23.2. The number of primary amides is 2. The summed E-state index contributed by atoms with van der Waals surface area (Å²) in [7, 11) is 13.5. The third-order valence-corrected chi connectivity index (χ3v) is 44.1. The number of benzene rings is 2. The van der Waals surface area contributed by atoms with E-state index in [9.17, 15) is 9.59 Å². The van der Waals surface area contributed by atoms with E-state index in [-0.39, 0.29) is 34.2 Å². The van der Waals surface area contributed by atoms with Gasteiger partial charge in [-0.1, -0.05) is 0 Å².